The fourth-order valence-corrected chi connectivity index (χ4v) is 3.75. The van der Waals surface area contributed by atoms with E-state index in [0.29, 0.717) is 29.9 Å². The predicted octanol–water partition coefficient (Wildman–Crippen LogP) is 2.79. The summed E-state index contributed by atoms with van der Waals surface area (Å²) < 4.78 is 44.2. The summed E-state index contributed by atoms with van der Waals surface area (Å²) in [6.07, 6.45) is 3.65. The molecular weight excluding hydrogens is 359 g/mol. The molecule has 3 rings (SSSR count). The zero-order chi connectivity index (χ0) is 18.6. The molecule has 0 spiro atoms. The van der Waals surface area contributed by atoms with Crippen LogP contribution in [-0.4, -0.2) is 36.9 Å². The molecule has 142 valence electrons. The van der Waals surface area contributed by atoms with Crippen LogP contribution in [-0.2, 0) is 10.0 Å². The van der Waals surface area contributed by atoms with Gasteiger partial charge >= 0.3 is 6.01 Å². The maximum absolute atomic E-state index is 13.3. The van der Waals surface area contributed by atoms with Crippen molar-refractivity contribution in [1.82, 2.24) is 14.9 Å². The van der Waals surface area contributed by atoms with Crippen LogP contribution in [0.1, 0.15) is 32.6 Å². The van der Waals surface area contributed by atoms with Crippen molar-refractivity contribution < 1.29 is 17.3 Å². The van der Waals surface area contributed by atoms with E-state index in [2.05, 4.69) is 20.2 Å². The number of halogens is 1. The first-order valence-corrected chi connectivity index (χ1v) is 10.4. The van der Waals surface area contributed by atoms with Gasteiger partial charge in [-0.05, 0) is 50.7 Å². The van der Waals surface area contributed by atoms with Gasteiger partial charge in [0, 0.05) is 18.2 Å². The summed E-state index contributed by atoms with van der Waals surface area (Å²) in [6.45, 7) is 2.12. The number of hydrogen-bond donors (Lipinski definition) is 2. The van der Waals surface area contributed by atoms with Gasteiger partial charge in [-0.15, -0.1) is 0 Å². The van der Waals surface area contributed by atoms with Crippen molar-refractivity contribution in [3.63, 3.8) is 0 Å². The fourth-order valence-electron chi connectivity index (χ4n) is 3.06. The van der Waals surface area contributed by atoms with Crippen LogP contribution < -0.4 is 10.0 Å². The summed E-state index contributed by atoms with van der Waals surface area (Å²) in [4.78, 5) is 4.27. The number of nitrogens with zero attached hydrogens (tertiary/aromatic N) is 2. The second-order valence-corrected chi connectivity index (χ2v) is 8.64. The third-order valence-electron chi connectivity index (χ3n) is 4.66. The van der Waals surface area contributed by atoms with E-state index in [0.717, 1.165) is 25.7 Å². The van der Waals surface area contributed by atoms with Gasteiger partial charge in [-0.3, -0.25) is 0 Å². The minimum atomic E-state index is -3.13. The van der Waals surface area contributed by atoms with E-state index in [4.69, 9.17) is 4.52 Å². The molecule has 2 N–H and O–H groups in total. The quantitative estimate of drug-likeness (QED) is 0.764. The monoisotopic (exact) mass is 382 g/mol. The molecule has 1 aliphatic carbocycles. The fraction of sp³-hybridized carbons (Fsp3) is 0.529. The molecule has 2 aromatic rings. The largest absolute Gasteiger partial charge is 0.335 e. The van der Waals surface area contributed by atoms with Gasteiger partial charge in [0.25, 0.3) is 0 Å². The highest BCUT2D eigenvalue weighted by atomic mass is 32.2. The first kappa shape index (κ1) is 18.8. The van der Waals surface area contributed by atoms with Crippen LogP contribution in [0.15, 0.2) is 28.8 Å². The zero-order valence-electron chi connectivity index (χ0n) is 14.6. The molecule has 1 aromatic heterocycles. The molecule has 1 heterocycles. The molecule has 1 aliphatic rings. The normalized spacial score (nSPS) is 20.8. The Labute approximate surface area is 152 Å². The molecule has 0 radical (unpaired) electrons. The highest BCUT2D eigenvalue weighted by Crippen LogP contribution is 2.27. The van der Waals surface area contributed by atoms with E-state index in [1.807, 2.05) is 0 Å². The molecule has 0 saturated heterocycles. The van der Waals surface area contributed by atoms with E-state index in [9.17, 15) is 12.8 Å². The highest BCUT2D eigenvalue weighted by Gasteiger charge is 2.23. The van der Waals surface area contributed by atoms with Gasteiger partial charge in [-0.2, -0.15) is 4.98 Å². The van der Waals surface area contributed by atoms with Crippen LogP contribution in [0.4, 0.5) is 10.4 Å². The first-order valence-electron chi connectivity index (χ1n) is 8.78. The third kappa shape index (κ3) is 5.01. The molecule has 0 amide bonds. The Kier molecular flexibility index (Phi) is 5.87. The Hall–Kier alpha value is -2.00. The number of aromatic nitrogens is 2. The summed E-state index contributed by atoms with van der Waals surface area (Å²) in [5.74, 6) is 0.447. The van der Waals surface area contributed by atoms with E-state index >= 15 is 0 Å². The lowest BCUT2D eigenvalue weighted by molar-refractivity contribution is 0.330. The van der Waals surface area contributed by atoms with Crippen molar-refractivity contribution in [3.8, 4) is 11.4 Å². The lowest BCUT2D eigenvalue weighted by Crippen LogP contribution is -2.34. The molecular formula is C17H23FN4O3S. The standard InChI is InChI=1S/C17H23FN4O3S/c1-2-26(23,24)19-11-12-6-8-15(9-7-12)20-17-21-16(22-25-17)13-4-3-5-14(18)10-13/h3-5,10,12,15,19H,2,6-9,11H2,1H3,(H,20,21,22)/t12-,15-. The molecule has 1 saturated carbocycles. The molecule has 1 aromatic carbocycles. The molecule has 0 bridgehead atoms. The molecule has 26 heavy (non-hydrogen) atoms. The van der Waals surface area contributed by atoms with Crippen molar-refractivity contribution >= 4 is 16.0 Å². The molecule has 0 unspecified atom stereocenters. The van der Waals surface area contributed by atoms with E-state index in [1.54, 1.807) is 19.1 Å². The average molecular weight is 382 g/mol. The summed E-state index contributed by atoms with van der Waals surface area (Å²) in [7, 11) is -3.13. The Balaban J connectivity index is 1.49. The van der Waals surface area contributed by atoms with Crippen molar-refractivity contribution in [2.45, 2.75) is 38.6 Å². The number of sulfonamides is 1. The van der Waals surface area contributed by atoms with Gasteiger partial charge in [0.15, 0.2) is 0 Å². The van der Waals surface area contributed by atoms with Crippen molar-refractivity contribution in [3.05, 3.63) is 30.1 Å². The highest BCUT2D eigenvalue weighted by molar-refractivity contribution is 7.89. The van der Waals surface area contributed by atoms with Crippen LogP contribution in [0.3, 0.4) is 0 Å². The Morgan fingerprint density at radius 2 is 2.04 bits per heavy atom. The van der Waals surface area contributed by atoms with Crippen molar-refractivity contribution in [1.29, 1.82) is 0 Å². The van der Waals surface area contributed by atoms with Gasteiger partial charge in [-0.25, -0.2) is 17.5 Å². The second-order valence-electron chi connectivity index (χ2n) is 6.55. The Morgan fingerprint density at radius 1 is 1.27 bits per heavy atom. The van der Waals surface area contributed by atoms with Gasteiger partial charge in [-0.1, -0.05) is 17.3 Å². The van der Waals surface area contributed by atoms with Crippen LogP contribution >= 0.6 is 0 Å². The second kappa shape index (κ2) is 8.13. The topological polar surface area (TPSA) is 97.1 Å². The third-order valence-corrected chi connectivity index (χ3v) is 6.02. The molecule has 7 nitrogen and oxygen atoms in total. The maximum Gasteiger partial charge on any atom is 0.322 e. The number of rotatable bonds is 7. The van der Waals surface area contributed by atoms with Gasteiger partial charge in [0.05, 0.1) is 5.75 Å². The molecule has 0 aliphatic heterocycles. The predicted molar refractivity (Wildman–Crippen MR) is 96.5 cm³/mol. The molecule has 9 heteroatoms. The van der Waals surface area contributed by atoms with Gasteiger partial charge in [0.2, 0.25) is 15.8 Å². The van der Waals surface area contributed by atoms with Crippen molar-refractivity contribution in [2.24, 2.45) is 5.92 Å². The van der Waals surface area contributed by atoms with Crippen LogP contribution in [0.25, 0.3) is 11.4 Å². The maximum atomic E-state index is 13.3. The van der Waals surface area contributed by atoms with Crippen molar-refractivity contribution in [2.75, 3.05) is 17.6 Å². The van der Waals surface area contributed by atoms with Crippen LogP contribution in [0.5, 0.6) is 0 Å². The molecule has 0 atom stereocenters. The molecule has 1 fully saturated rings. The summed E-state index contributed by atoms with van der Waals surface area (Å²) in [5.41, 5.74) is 0.564. The van der Waals surface area contributed by atoms with Crippen LogP contribution in [0.2, 0.25) is 0 Å². The van der Waals surface area contributed by atoms with Gasteiger partial charge in [0.1, 0.15) is 5.82 Å². The minimum absolute atomic E-state index is 0.106. The number of anilines is 1. The van der Waals surface area contributed by atoms with E-state index in [-0.39, 0.29) is 17.6 Å². The summed E-state index contributed by atoms with van der Waals surface area (Å²) in [5, 5.41) is 7.10. The Morgan fingerprint density at radius 3 is 2.73 bits per heavy atom. The van der Waals surface area contributed by atoms with Gasteiger partial charge < -0.3 is 9.84 Å². The summed E-state index contributed by atoms with van der Waals surface area (Å²) >= 11 is 0. The van der Waals surface area contributed by atoms with E-state index < -0.39 is 10.0 Å². The first-order chi connectivity index (χ1) is 12.4. The lowest BCUT2D eigenvalue weighted by atomic mass is 9.86. The lowest BCUT2D eigenvalue weighted by Gasteiger charge is -2.28. The zero-order valence-corrected chi connectivity index (χ0v) is 15.4. The average Bonchev–Trinajstić information content (AvgIpc) is 3.10. The smallest absolute Gasteiger partial charge is 0.322 e. The number of hydrogen-bond acceptors (Lipinski definition) is 6. The number of benzene rings is 1. The SMILES string of the molecule is CCS(=O)(=O)NC[C@H]1CC[C@H](Nc2nc(-c3cccc(F)c3)no2)CC1. The number of nitrogens with one attached hydrogen (secondary N) is 2. The Bertz CT molecular complexity index is 832. The van der Waals surface area contributed by atoms with Crippen LogP contribution in [0, 0.1) is 11.7 Å². The summed E-state index contributed by atoms with van der Waals surface area (Å²) in [6, 6.07) is 6.57. The van der Waals surface area contributed by atoms with E-state index in [1.165, 1.54) is 12.1 Å². The minimum Gasteiger partial charge on any atom is -0.335 e.